The molecule has 3 unspecified atom stereocenters. The Bertz CT molecular complexity index is 292. The third-order valence-electron chi connectivity index (χ3n) is 2.34. The topological polar surface area (TPSA) is 86.1 Å². The van der Waals surface area contributed by atoms with Gasteiger partial charge in [0.15, 0.2) is 0 Å². The standard InChI is InChI=1S/C7H14N6O2/c1-14-5-3-8-6(7(10-5)15-2)13-4-9-11-12-13/h4-8,10H,3H2,1-2H3. The van der Waals surface area contributed by atoms with Crippen LogP contribution in [0, 0.1) is 0 Å². The van der Waals surface area contributed by atoms with Gasteiger partial charge in [-0.05, 0) is 10.4 Å². The van der Waals surface area contributed by atoms with Gasteiger partial charge in [0.1, 0.15) is 24.9 Å². The highest BCUT2D eigenvalue weighted by Crippen LogP contribution is 2.12. The van der Waals surface area contributed by atoms with E-state index in [0.29, 0.717) is 6.54 Å². The van der Waals surface area contributed by atoms with Gasteiger partial charge in [0.25, 0.3) is 0 Å². The summed E-state index contributed by atoms with van der Waals surface area (Å²) in [5, 5.41) is 17.4. The number of rotatable bonds is 3. The van der Waals surface area contributed by atoms with Crippen LogP contribution in [0.25, 0.3) is 0 Å². The van der Waals surface area contributed by atoms with Crippen LogP contribution in [-0.4, -0.2) is 53.4 Å². The third kappa shape index (κ3) is 2.12. The second kappa shape index (κ2) is 4.62. The van der Waals surface area contributed by atoms with E-state index in [-0.39, 0.29) is 18.6 Å². The molecule has 1 aliphatic rings. The lowest BCUT2D eigenvalue weighted by Crippen LogP contribution is -2.59. The van der Waals surface area contributed by atoms with Crippen molar-refractivity contribution < 1.29 is 9.47 Å². The summed E-state index contributed by atoms with van der Waals surface area (Å²) in [6, 6.07) is 0. The molecule has 3 atom stereocenters. The Morgan fingerprint density at radius 3 is 2.87 bits per heavy atom. The molecule has 0 radical (unpaired) electrons. The average Bonchev–Trinajstić information content (AvgIpc) is 2.81. The van der Waals surface area contributed by atoms with E-state index >= 15 is 0 Å². The van der Waals surface area contributed by atoms with Gasteiger partial charge in [-0.15, -0.1) is 5.10 Å². The number of tetrazole rings is 1. The van der Waals surface area contributed by atoms with Crippen LogP contribution in [0.15, 0.2) is 6.33 Å². The quantitative estimate of drug-likeness (QED) is 0.620. The maximum atomic E-state index is 5.29. The highest BCUT2D eigenvalue weighted by Gasteiger charge is 2.31. The molecule has 1 aromatic heterocycles. The van der Waals surface area contributed by atoms with Crippen molar-refractivity contribution in [3.05, 3.63) is 6.33 Å². The molecule has 2 N–H and O–H groups in total. The number of piperazine rings is 1. The second-order valence-corrected chi connectivity index (χ2v) is 3.19. The van der Waals surface area contributed by atoms with Crippen molar-refractivity contribution >= 4 is 0 Å². The van der Waals surface area contributed by atoms with Crippen LogP contribution >= 0.6 is 0 Å². The normalized spacial score (nSPS) is 31.7. The van der Waals surface area contributed by atoms with E-state index in [0.717, 1.165) is 0 Å². The summed E-state index contributed by atoms with van der Waals surface area (Å²) < 4.78 is 12.1. The maximum Gasteiger partial charge on any atom is 0.145 e. The Kier molecular flexibility index (Phi) is 3.21. The minimum atomic E-state index is -0.229. The summed E-state index contributed by atoms with van der Waals surface area (Å²) in [5.41, 5.74) is 0. The molecule has 0 amide bonds. The predicted octanol–water partition coefficient (Wildman–Crippen LogP) is -1.69. The fraction of sp³-hybridized carbons (Fsp3) is 0.857. The fourth-order valence-corrected chi connectivity index (χ4v) is 1.54. The highest BCUT2D eigenvalue weighted by molar-refractivity contribution is 4.80. The summed E-state index contributed by atoms with van der Waals surface area (Å²) in [6.07, 6.45) is 1.12. The summed E-state index contributed by atoms with van der Waals surface area (Å²) in [5.74, 6) is 0. The van der Waals surface area contributed by atoms with Crippen molar-refractivity contribution in [3.8, 4) is 0 Å². The zero-order valence-electron chi connectivity index (χ0n) is 8.62. The van der Waals surface area contributed by atoms with Crippen LogP contribution in [0.1, 0.15) is 6.17 Å². The zero-order valence-corrected chi connectivity index (χ0v) is 8.62. The van der Waals surface area contributed by atoms with E-state index in [4.69, 9.17) is 9.47 Å². The molecule has 0 aromatic carbocycles. The van der Waals surface area contributed by atoms with Crippen LogP contribution in [0.4, 0.5) is 0 Å². The molecule has 2 heterocycles. The molecule has 2 rings (SSSR count). The van der Waals surface area contributed by atoms with Gasteiger partial charge in [0.05, 0.1) is 0 Å². The molecular formula is C7H14N6O2. The Balaban J connectivity index is 2.06. The lowest BCUT2D eigenvalue weighted by atomic mass is 10.3. The van der Waals surface area contributed by atoms with E-state index in [2.05, 4.69) is 26.2 Å². The van der Waals surface area contributed by atoms with Crippen molar-refractivity contribution in [2.45, 2.75) is 18.6 Å². The van der Waals surface area contributed by atoms with Crippen molar-refractivity contribution in [2.24, 2.45) is 0 Å². The molecule has 0 bridgehead atoms. The smallest absolute Gasteiger partial charge is 0.145 e. The zero-order chi connectivity index (χ0) is 10.7. The van der Waals surface area contributed by atoms with Crippen molar-refractivity contribution in [1.29, 1.82) is 0 Å². The van der Waals surface area contributed by atoms with Crippen LogP contribution in [0.3, 0.4) is 0 Å². The lowest BCUT2D eigenvalue weighted by molar-refractivity contribution is -0.0726. The van der Waals surface area contributed by atoms with Gasteiger partial charge in [-0.3, -0.25) is 10.6 Å². The molecule has 84 valence electrons. The minimum absolute atomic E-state index is 0.0670. The van der Waals surface area contributed by atoms with Gasteiger partial charge in [-0.1, -0.05) is 0 Å². The van der Waals surface area contributed by atoms with Gasteiger partial charge in [0, 0.05) is 20.8 Å². The number of nitrogens with one attached hydrogen (secondary N) is 2. The predicted molar refractivity (Wildman–Crippen MR) is 49.6 cm³/mol. The fourth-order valence-electron chi connectivity index (χ4n) is 1.54. The third-order valence-corrected chi connectivity index (χ3v) is 2.34. The number of aromatic nitrogens is 4. The number of ether oxygens (including phenoxy) is 2. The molecule has 1 aliphatic heterocycles. The molecule has 0 aliphatic carbocycles. The molecule has 8 heteroatoms. The van der Waals surface area contributed by atoms with Gasteiger partial charge in [0.2, 0.25) is 0 Å². The van der Waals surface area contributed by atoms with Gasteiger partial charge >= 0.3 is 0 Å². The lowest BCUT2D eigenvalue weighted by Gasteiger charge is -2.36. The Morgan fingerprint density at radius 1 is 1.40 bits per heavy atom. The van der Waals surface area contributed by atoms with E-state index in [1.165, 1.54) is 0 Å². The number of methoxy groups -OCH3 is 2. The summed E-state index contributed by atoms with van der Waals surface area (Å²) in [7, 11) is 3.26. The van der Waals surface area contributed by atoms with E-state index in [1.54, 1.807) is 25.2 Å². The van der Waals surface area contributed by atoms with Crippen LogP contribution in [0.5, 0.6) is 0 Å². The van der Waals surface area contributed by atoms with Gasteiger partial charge < -0.3 is 9.47 Å². The van der Waals surface area contributed by atoms with Crippen LogP contribution in [0.2, 0.25) is 0 Å². The Labute approximate surface area is 86.9 Å². The first kappa shape index (κ1) is 10.4. The number of hydrogen-bond donors (Lipinski definition) is 2. The summed E-state index contributed by atoms with van der Waals surface area (Å²) >= 11 is 0. The first-order valence-corrected chi connectivity index (χ1v) is 4.62. The van der Waals surface area contributed by atoms with Crippen LogP contribution < -0.4 is 10.6 Å². The highest BCUT2D eigenvalue weighted by atomic mass is 16.5. The Hall–Kier alpha value is -1.09. The number of nitrogens with zero attached hydrogens (tertiary/aromatic N) is 4. The minimum Gasteiger partial charge on any atom is -0.365 e. The molecule has 15 heavy (non-hydrogen) atoms. The van der Waals surface area contributed by atoms with E-state index in [9.17, 15) is 0 Å². The average molecular weight is 214 g/mol. The molecule has 1 saturated heterocycles. The second-order valence-electron chi connectivity index (χ2n) is 3.19. The Morgan fingerprint density at radius 2 is 2.27 bits per heavy atom. The molecule has 0 saturated carbocycles. The summed E-state index contributed by atoms with van der Waals surface area (Å²) in [4.78, 5) is 0. The molecule has 8 nitrogen and oxygen atoms in total. The first-order valence-electron chi connectivity index (χ1n) is 4.62. The molecule has 0 spiro atoms. The summed E-state index contributed by atoms with van der Waals surface area (Å²) in [6.45, 7) is 0.668. The SMILES string of the molecule is COC1CNC(n2cnnn2)C(OC)N1. The monoisotopic (exact) mass is 214 g/mol. The van der Waals surface area contributed by atoms with Crippen LogP contribution in [-0.2, 0) is 9.47 Å². The van der Waals surface area contributed by atoms with E-state index in [1.807, 2.05) is 0 Å². The van der Waals surface area contributed by atoms with E-state index < -0.39 is 0 Å². The van der Waals surface area contributed by atoms with Crippen molar-refractivity contribution in [2.75, 3.05) is 20.8 Å². The van der Waals surface area contributed by atoms with Gasteiger partial charge in [-0.2, -0.15) is 0 Å². The molecule has 1 aromatic rings. The van der Waals surface area contributed by atoms with Crippen molar-refractivity contribution in [1.82, 2.24) is 30.8 Å². The largest absolute Gasteiger partial charge is 0.365 e. The number of hydrogen-bond acceptors (Lipinski definition) is 7. The van der Waals surface area contributed by atoms with Crippen molar-refractivity contribution in [3.63, 3.8) is 0 Å². The van der Waals surface area contributed by atoms with Gasteiger partial charge in [-0.25, -0.2) is 4.68 Å². The first-order chi connectivity index (χ1) is 7.35. The molecular weight excluding hydrogens is 200 g/mol. The molecule has 1 fully saturated rings. The maximum absolute atomic E-state index is 5.29.